The summed E-state index contributed by atoms with van der Waals surface area (Å²) in [5, 5.41) is 16.2. The SMILES string of the molecule is CCNc1ncc2c(n1)N1CCC[C@H]1CN(c1cccc(-c3noc(CO)n3)c1)C2=O. The van der Waals surface area contributed by atoms with Crippen molar-refractivity contribution in [1.29, 1.82) is 0 Å². The van der Waals surface area contributed by atoms with E-state index in [2.05, 4.69) is 30.3 Å². The van der Waals surface area contributed by atoms with E-state index >= 15 is 0 Å². The van der Waals surface area contributed by atoms with E-state index in [1.54, 1.807) is 11.1 Å². The Kier molecular flexibility index (Phi) is 4.99. The number of aliphatic hydroxyl groups excluding tert-OH is 1. The largest absolute Gasteiger partial charge is 0.387 e. The van der Waals surface area contributed by atoms with E-state index in [1.165, 1.54) is 0 Å². The molecular weight excluding hydrogens is 398 g/mol. The average molecular weight is 421 g/mol. The molecule has 0 saturated carbocycles. The average Bonchev–Trinajstić information content (AvgIpc) is 3.45. The number of hydrogen-bond donors (Lipinski definition) is 2. The number of anilines is 3. The molecule has 0 unspecified atom stereocenters. The summed E-state index contributed by atoms with van der Waals surface area (Å²) in [6, 6.07) is 7.65. The number of aliphatic hydroxyl groups is 1. The number of benzene rings is 1. The van der Waals surface area contributed by atoms with E-state index in [9.17, 15) is 9.90 Å². The van der Waals surface area contributed by atoms with Gasteiger partial charge < -0.3 is 24.7 Å². The van der Waals surface area contributed by atoms with Gasteiger partial charge in [-0.15, -0.1) is 0 Å². The number of amides is 1. The molecule has 1 atom stereocenters. The highest BCUT2D eigenvalue weighted by molar-refractivity contribution is 6.10. The second kappa shape index (κ2) is 7.95. The van der Waals surface area contributed by atoms with Crippen molar-refractivity contribution in [1.82, 2.24) is 20.1 Å². The van der Waals surface area contributed by atoms with Gasteiger partial charge in [0.15, 0.2) is 0 Å². The number of carbonyl (C=O) groups is 1. The van der Waals surface area contributed by atoms with Gasteiger partial charge in [-0.05, 0) is 31.9 Å². The first-order valence-electron chi connectivity index (χ1n) is 10.4. The Morgan fingerprint density at radius 3 is 3.03 bits per heavy atom. The minimum absolute atomic E-state index is 0.131. The van der Waals surface area contributed by atoms with E-state index < -0.39 is 0 Å². The van der Waals surface area contributed by atoms with Crippen molar-refractivity contribution in [2.75, 3.05) is 34.8 Å². The standard InChI is InChI=1S/C21H23N7O3/c1-2-22-21-23-10-16-19(25-21)27-8-4-7-15(27)11-28(20(16)30)14-6-3-5-13(9-14)18-24-17(12-29)31-26-18/h3,5-6,9-10,15,29H,2,4,7-8,11-12H2,1H3,(H,22,23,25)/t15-/m0/s1. The van der Waals surface area contributed by atoms with Crippen LogP contribution in [0.25, 0.3) is 11.4 Å². The van der Waals surface area contributed by atoms with Crippen LogP contribution in [0.5, 0.6) is 0 Å². The third-order valence-electron chi connectivity index (χ3n) is 5.64. The summed E-state index contributed by atoms with van der Waals surface area (Å²) in [5.41, 5.74) is 1.95. The second-order valence-corrected chi connectivity index (χ2v) is 7.59. The first-order valence-corrected chi connectivity index (χ1v) is 10.4. The van der Waals surface area contributed by atoms with Crippen LogP contribution in [-0.2, 0) is 6.61 Å². The Labute approximate surface area is 178 Å². The van der Waals surface area contributed by atoms with Crippen molar-refractivity contribution in [3.05, 3.63) is 41.9 Å². The van der Waals surface area contributed by atoms with Crippen molar-refractivity contribution < 1.29 is 14.4 Å². The fraction of sp³-hybridized carbons (Fsp3) is 0.381. The minimum Gasteiger partial charge on any atom is -0.387 e. The molecule has 5 rings (SSSR count). The van der Waals surface area contributed by atoms with E-state index in [0.29, 0.717) is 41.8 Å². The van der Waals surface area contributed by atoms with Crippen LogP contribution < -0.4 is 15.1 Å². The normalized spacial score (nSPS) is 18.0. The third kappa shape index (κ3) is 3.48. The Morgan fingerprint density at radius 1 is 1.32 bits per heavy atom. The predicted molar refractivity (Wildman–Crippen MR) is 114 cm³/mol. The predicted octanol–water partition coefficient (Wildman–Crippen LogP) is 2.08. The molecule has 1 amide bonds. The summed E-state index contributed by atoms with van der Waals surface area (Å²) in [5.74, 6) is 1.62. The number of nitrogens with zero attached hydrogens (tertiary/aromatic N) is 6. The van der Waals surface area contributed by atoms with Gasteiger partial charge >= 0.3 is 0 Å². The molecule has 1 aromatic carbocycles. The molecule has 2 aromatic heterocycles. The first kappa shape index (κ1) is 19.4. The number of nitrogens with one attached hydrogen (secondary N) is 1. The van der Waals surface area contributed by atoms with Gasteiger partial charge in [0.2, 0.25) is 11.8 Å². The van der Waals surface area contributed by atoms with E-state index in [0.717, 1.165) is 25.1 Å². The molecule has 2 aliphatic heterocycles. The Hall–Kier alpha value is -3.53. The van der Waals surface area contributed by atoms with Crippen LogP contribution in [0.15, 0.2) is 35.0 Å². The highest BCUT2D eigenvalue weighted by Gasteiger charge is 2.37. The van der Waals surface area contributed by atoms with Crippen LogP contribution in [0.3, 0.4) is 0 Å². The van der Waals surface area contributed by atoms with Gasteiger partial charge in [0.1, 0.15) is 18.0 Å². The summed E-state index contributed by atoms with van der Waals surface area (Å²) in [7, 11) is 0. The fourth-order valence-electron chi connectivity index (χ4n) is 4.20. The van der Waals surface area contributed by atoms with E-state index in [-0.39, 0.29) is 24.4 Å². The molecule has 0 aliphatic carbocycles. The molecule has 3 aromatic rings. The molecule has 31 heavy (non-hydrogen) atoms. The zero-order valence-electron chi connectivity index (χ0n) is 17.2. The lowest BCUT2D eigenvalue weighted by Crippen LogP contribution is -2.39. The summed E-state index contributed by atoms with van der Waals surface area (Å²) < 4.78 is 5.01. The Morgan fingerprint density at radius 2 is 2.23 bits per heavy atom. The zero-order valence-corrected chi connectivity index (χ0v) is 17.2. The molecule has 2 aliphatic rings. The summed E-state index contributed by atoms with van der Waals surface area (Å²) in [6.07, 6.45) is 3.67. The fourth-order valence-corrected chi connectivity index (χ4v) is 4.20. The van der Waals surface area contributed by atoms with Crippen molar-refractivity contribution in [2.24, 2.45) is 0 Å². The van der Waals surface area contributed by atoms with Crippen LogP contribution in [0.1, 0.15) is 36.0 Å². The third-order valence-corrected chi connectivity index (χ3v) is 5.64. The lowest BCUT2D eigenvalue weighted by Gasteiger charge is -2.27. The molecule has 0 bridgehead atoms. The van der Waals surface area contributed by atoms with Gasteiger partial charge in [0.05, 0.1) is 0 Å². The van der Waals surface area contributed by atoms with Crippen LogP contribution in [0.2, 0.25) is 0 Å². The molecule has 0 radical (unpaired) electrons. The molecule has 10 heteroatoms. The molecule has 0 spiro atoms. The van der Waals surface area contributed by atoms with Gasteiger partial charge in [-0.3, -0.25) is 4.79 Å². The van der Waals surface area contributed by atoms with Gasteiger partial charge in [-0.1, -0.05) is 17.3 Å². The number of rotatable bonds is 5. The number of fused-ring (bicyclic) bond motifs is 3. The molecule has 1 fully saturated rings. The lowest BCUT2D eigenvalue weighted by molar-refractivity contribution is 0.0988. The monoisotopic (exact) mass is 421 g/mol. The van der Waals surface area contributed by atoms with E-state index in [1.807, 2.05) is 31.2 Å². The van der Waals surface area contributed by atoms with Crippen LogP contribution in [-0.4, -0.2) is 56.8 Å². The molecule has 1 saturated heterocycles. The van der Waals surface area contributed by atoms with Crippen molar-refractivity contribution in [3.8, 4) is 11.4 Å². The lowest BCUT2D eigenvalue weighted by atomic mass is 10.1. The summed E-state index contributed by atoms with van der Waals surface area (Å²) >= 11 is 0. The van der Waals surface area contributed by atoms with Crippen LogP contribution in [0.4, 0.5) is 17.5 Å². The number of hydrogen-bond acceptors (Lipinski definition) is 9. The maximum absolute atomic E-state index is 13.6. The maximum atomic E-state index is 13.6. The molecular formula is C21H23N7O3. The smallest absolute Gasteiger partial charge is 0.263 e. The minimum atomic E-state index is -0.319. The molecule has 2 N–H and O–H groups in total. The highest BCUT2D eigenvalue weighted by atomic mass is 16.5. The van der Waals surface area contributed by atoms with Gasteiger partial charge in [0, 0.05) is 43.1 Å². The molecule has 4 heterocycles. The number of aromatic nitrogens is 4. The van der Waals surface area contributed by atoms with Crippen LogP contribution in [0, 0.1) is 0 Å². The molecule has 10 nitrogen and oxygen atoms in total. The zero-order chi connectivity index (χ0) is 21.4. The Balaban J connectivity index is 1.54. The topological polar surface area (TPSA) is 121 Å². The number of carbonyl (C=O) groups excluding carboxylic acids is 1. The van der Waals surface area contributed by atoms with Crippen molar-refractivity contribution in [2.45, 2.75) is 32.4 Å². The van der Waals surface area contributed by atoms with Gasteiger partial charge in [-0.25, -0.2) is 4.98 Å². The quantitative estimate of drug-likeness (QED) is 0.638. The first-order chi connectivity index (χ1) is 15.2. The highest BCUT2D eigenvalue weighted by Crippen LogP contribution is 2.34. The van der Waals surface area contributed by atoms with Gasteiger partial charge in [0.25, 0.3) is 11.8 Å². The summed E-state index contributed by atoms with van der Waals surface area (Å²) in [6.45, 7) is 3.81. The Bertz CT molecular complexity index is 1120. The van der Waals surface area contributed by atoms with Crippen LogP contribution >= 0.6 is 0 Å². The van der Waals surface area contributed by atoms with Crippen molar-refractivity contribution >= 4 is 23.4 Å². The summed E-state index contributed by atoms with van der Waals surface area (Å²) in [4.78, 5) is 30.7. The van der Waals surface area contributed by atoms with Crippen molar-refractivity contribution in [3.63, 3.8) is 0 Å². The molecule has 160 valence electrons. The van der Waals surface area contributed by atoms with E-state index in [4.69, 9.17) is 4.52 Å². The maximum Gasteiger partial charge on any atom is 0.263 e. The van der Waals surface area contributed by atoms with Gasteiger partial charge in [-0.2, -0.15) is 9.97 Å². The second-order valence-electron chi connectivity index (χ2n) is 7.59.